The fourth-order valence-electron chi connectivity index (χ4n) is 2.69. The molecule has 1 aromatic heterocycles. The number of nitrogens with zero attached hydrogens (tertiary/aromatic N) is 2. The highest BCUT2D eigenvalue weighted by Crippen LogP contribution is 2.20. The molecule has 1 unspecified atom stereocenters. The molecule has 0 bridgehead atoms. The van der Waals surface area contributed by atoms with Crippen molar-refractivity contribution in [1.29, 1.82) is 0 Å². The van der Waals surface area contributed by atoms with Crippen LogP contribution < -0.4 is 21.3 Å². The summed E-state index contributed by atoms with van der Waals surface area (Å²) in [7, 11) is 1.58. The number of methoxy groups -OCH3 is 1. The first kappa shape index (κ1) is 19.8. The molecule has 0 saturated heterocycles. The second-order valence-corrected chi connectivity index (χ2v) is 6.34. The summed E-state index contributed by atoms with van der Waals surface area (Å²) in [5.41, 5.74) is 6.96. The molecule has 0 aliphatic carbocycles. The number of primary amides is 1. The monoisotopic (exact) mass is 392 g/mol. The van der Waals surface area contributed by atoms with Crippen LogP contribution in [0, 0.1) is 0 Å². The molecule has 0 aliphatic rings. The maximum atomic E-state index is 12.6. The number of carbonyl (C=O) groups excluding carboxylic acids is 2. The summed E-state index contributed by atoms with van der Waals surface area (Å²) in [6.07, 6.45) is 0. The van der Waals surface area contributed by atoms with E-state index in [0.717, 1.165) is 10.2 Å². The van der Waals surface area contributed by atoms with Gasteiger partial charge in [-0.1, -0.05) is 0 Å². The van der Waals surface area contributed by atoms with Crippen molar-refractivity contribution in [3.63, 3.8) is 0 Å². The second kappa shape index (κ2) is 8.39. The topological polar surface area (TPSA) is 116 Å². The van der Waals surface area contributed by atoms with E-state index < -0.39 is 23.4 Å². The number of hydrogen-bond acceptors (Lipinski definition) is 5. The Balaban J connectivity index is 1.81. The van der Waals surface area contributed by atoms with Gasteiger partial charge in [0.05, 0.1) is 12.8 Å². The van der Waals surface area contributed by atoms with Crippen LogP contribution in [0.5, 0.6) is 5.75 Å². The number of hydrogen-bond donors (Lipinski definition) is 2. The zero-order valence-electron chi connectivity index (χ0n) is 16.0. The molecular formula is C21H20N4O4. The van der Waals surface area contributed by atoms with Crippen LogP contribution in [0.1, 0.15) is 23.3 Å². The molecule has 2 amide bonds. The normalized spacial score (nSPS) is 11.5. The molecule has 3 N–H and O–H groups in total. The van der Waals surface area contributed by atoms with Gasteiger partial charge in [0.1, 0.15) is 11.8 Å². The van der Waals surface area contributed by atoms with Gasteiger partial charge in [-0.2, -0.15) is 5.10 Å². The van der Waals surface area contributed by atoms with Crippen molar-refractivity contribution in [3.8, 4) is 17.0 Å². The highest BCUT2D eigenvalue weighted by molar-refractivity contribution is 5.95. The first-order valence-electron chi connectivity index (χ1n) is 8.84. The summed E-state index contributed by atoms with van der Waals surface area (Å²) < 4.78 is 6.27. The van der Waals surface area contributed by atoms with Crippen LogP contribution >= 0.6 is 0 Å². The van der Waals surface area contributed by atoms with Crippen molar-refractivity contribution in [2.24, 2.45) is 5.73 Å². The minimum absolute atomic E-state index is 0.334. The molecule has 0 fully saturated rings. The maximum absolute atomic E-state index is 12.6. The molecule has 2 aromatic carbocycles. The largest absolute Gasteiger partial charge is 0.497 e. The summed E-state index contributed by atoms with van der Waals surface area (Å²) in [5.74, 6) is -0.266. The SMILES string of the molecule is COc1ccc(-c2ccc(=O)n(C(C)C(=O)Nc3ccc(C(N)=O)cc3)n2)cc1. The predicted octanol–water partition coefficient (Wildman–Crippen LogP) is 2.22. The minimum Gasteiger partial charge on any atom is -0.497 e. The van der Waals surface area contributed by atoms with Gasteiger partial charge in [-0.05, 0) is 61.5 Å². The van der Waals surface area contributed by atoms with Gasteiger partial charge in [0.2, 0.25) is 11.8 Å². The van der Waals surface area contributed by atoms with Crippen molar-refractivity contribution in [3.05, 3.63) is 76.6 Å². The molecule has 0 radical (unpaired) electrons. The van der Waals surface area contributed by atoms with Crippen molar-refractivity contribution in [1.82, 2.24) is 9.78 Å². The number of nitrogens with one attached hydrogen (secondary N) is 1. The van der Waals surface area contributed by atoms with Crippen molar-refractivity contribution in [2.75, 3.05) is 12.4 Å². The number of rotatable bonds is 6. The molecule has 3 rings (SSSR count). The Morgan fingerprint density at radius 1 is 1.03 bits per heavy atom. The molecular weight excluding hydrogens is 372 g/mol. The number of anilines is 1. The molecule has 0 aliphatic heterocycles. The van der Waals surface area contributed by atoms with E-state index in [9.17, 15) is 14.4 Å². The van der Waals surface area contributed by atoms with Crippen molar-refractivity contribution >= 4 is 17.5 Å². The number of benzene rings is 2. The third kappa shape index (κ3) is 4.49. The predicted molar refractivity (Wildman–Crippen MR) is 109 cm³/mol. The Morgan fingerprint density at radius 3 is 2.28 bits per heavy atom. The van der Waals surface area contributed by atoms with E-state index in [0.29, 0.717) is 22.7 Å². The number of aromatic nitrogens is 2. The van der Waals surface area contributed by atoms with E-state index in [4.69, 9.17) is 10.5 Å². The highest BCUT2D eigenvalue weighted by Gasteiger charge is 2.18. The van der Waals surface area contributed by atoms with Crippen LogP contribution in [0.4, 0.5) is 5.69 Å². The average Bonchev–Trinajstić information content (AvgIpc) is 2.74. The molecule has 8 heteroatoms. The lowest BCUT2D eigenvalue weighted by Gasteiger charge is -2.15. The smallest absolute Gasteiger partial charge is 0.267 e. The first-order chi connectivity index (χ1) is 13.9. The number of ether oxygens (including phenoxy) is 1. The van der Waals surface area contributed by atoms with Gasteiger partial charge in [0.15, 0.2) is 0 Å². The van der Waals surface area contributed by atoms with Crippen LogP contribution in [-0.2, 0) is 4.79 Å². The van der Waals surface area contributed by atoms with Gasteiger partial charge >= 0.3 is 0 Å². The quantitative estimate of drug-likeness (QED) is 0.667. The van der Waals surface area contributed by atoms with E-state index >= 15 is 0 Å². The fourth-order valence-corrected chi connectivity index (χ4v) is 2.69. The molecule has 1 heterocycles. The lowest BCUT2D eigenvalue weighted by Crippen LogP contribution is -2.33. The number of nitrogens with two attached hydrogens (primary N) is 1. The molecule has 8 nitrogen and oxygen atoms in total. The van der Waals surface area contributed by atoms with Gasteiger partial charge in [-0.3, -0.25) is 14.4 Å². The molecule has 0 spiro atoms. The van der Waals surface area contributed by atoms with Gasteiger partial charge in [0.25, 0.3) is 5.56 Å². The molecule has 0 saturated carbocycles. The average molecular weight is 392 g/mol. The molecule has 29 heavy (non-hydrogen) atoms. The first-order valence-corrected chi connectivity index (χ1v) is 8.84. The Kier molecular flexibility index (Phi) is 5.73. The van der Waals surface area contributed by atoms with E-state index in [2.05, 4.69) is 10.4 Å². The van der Waals surface area contributed by atoms with Crippen molar-refractivity contribution < 1.29 is 14.3 Å². The van der Waals surface area contributed by atoms with Crippen molar-refractivity contribution in [2.45, 2.75) is 13.0 Å². The Hall–Kier alpha value is -3.94. The maximum Gasteiger partial charge on any atom is 0.267 e. The summed E-state index contributed by atoms with van der Waals surface area (Å²) in [6, 6.07) is 15.5. The molecule has 1 atom stereocenters. The van der Waals surface area contributed by atoms with E-state index in [1.165, 1.54) is 18.2 Å². The number of amides is 2. The van der Waals surface area contributed by atoms with Gasteiger partial charge in [0, 0.05) is 22.9 Å². The van der Waals surface area contributed by atoms with E-state index in [-0.39, 0.29) is 0 Å². The van der Waals surface area contributed by atoms with Gasteiger partial charge in [-0.15, -0.1) is 0 Å². The molecule has 3 aromatic rings. The summed E-state index contributed by atoms with van der Waals surface area (Å²) in [6.45, 7) is 1.58. The third-order valence-electron chi connectivity index (χ3n) is 4.39. The lowest BCUT2D eigenvalue weighted by molar-refractivity contribution is -0.119. The van der Waals surface area contributed by atoms with E-state index in [1.807, 2.05) is 12.1 Å². The summed E-state index contributed by atoms with van der Waals surface area (Å²) >= 11 is 0. The highest BCUT2D eigenvalue weighted by atomic mass is 16.5. The second-order valence-electron chi connectivity index (χ2n) is 6.34. The Bertz CT molecular complexity index is 1090. The van der Waals surface area contributed by atoms with Crippen LogP contribution in [0.15, 0.2) is 65.5 Å². The Labute approximate surface area is 166 Å². The van der Waals surface area contributed by atoms with E-state index in [1.54, 1.807) is 44.4 Å². The zero-order chi connectivity index (χ0) is 21.0. The Morgan fingerprint density at radius 2 is 1.69 bits per heavy atom. The van der Waals surface area contributed by atoms with Crippen LogP contribution in [0.3, 0.4) is 0 Å². The zero-order valence-corrected chi connectivity index (χ0v) is 16.0. The number of carbonyl (C=O) groups is 2. The summed E-state index contributed by atoms with van der Waals surface area (Å²) in [5, 5.41) is 7.04. The lowest BCUT2D eigenvalue weighted by atomic mass is 10.1. The third-order valence-corrected chi connectivity index (χ3v) is 4.39. The van der Waals surface area contributed by atoms with Gasteiger partial charge < -0.3 is 15.8 Å². The summed E-state index contributed by atoms with van der Waals surface area (Å²) in [4.78, 5) is 36.0. The fraction of sp³-hybridized carbons (Fsp3) is 0.143. The standard InChI is InChI=1S/C21H20N4O4/c1-13(21(28)23-16-7-3-15(4-8-16)20(22)27)25-19(26)12-11-18(24-25)14-5-9-17(29-2)10-6-14/h3-13H,1-2H3,(H2,22,27)(H,23,28). The van der Waals surface area contributed by atoms with Crippen LogP contribution in [0.25, 0.3) is 11.3 Å². The molecule has 148 valence electrons. The van der Waals surface area contributed by atoms with Gasteiger partial charge in [-0.25, -0.2) is 4.68 Å². The van der Waals surface area contributed by atoms with Crippen LogP contribution in [0.2, 0.25) is 0 Å². The van der Waals surface area contributed by atoms with Crippen LogP contribution in [-0.4, -0.2) is 28.7 Å². The minimum atomic E-state index is -0.850.